The fourth-order valence-corrected chi connectivity index (χ4v) is 2.32. The summed E-state index contributed by atoms with van der Waals surface area (Å²) in [7, 11) is 3.15. The summed E-state index contributed by atoms with van der Waals surface area (Å²) in [5.41, 5.74) is 1.54. The average molecular weight is 276 g/mol. The predicted molar refractivity (Wildman–Crippen MR) is 75.6 cm³/mol. The van der Waals surface area contributed by atoms with E-state index in [0.29, 0.717) is 18.0 Å². The van der Waals surface area contributed by atoms with Gasteiger partial charge in [-0.25, -0.2) is 0 Å². The van der Waals surface area contributed by atoms with Gasteiger partial charge in [-0.05, 0) is 12.5 Å². The van der Waals surface area contributed by atoms with Gasteiger partial charge in [0.25, 0.3) is 0 Å². The van der Waals surface area contributed by atoms with Crippen LogP contribution in [0.1, 0.15) is 30.4 Å². The molecule has 2 atom stereocenters. The van der Waals surface area contributed by atoms with Gasteiger partial charge in [0.2, 0.25) is 0 Å². The lowest BCUT2D eigenvalue weighted by Gasteiger charge is -2.23. The van der Waals surface area contributed by atoms with Crippen molar-refractivity contribution in [2.24, 2.45) is 0 Å². The molecule has 0 aliphatic rings. The molecule has 0 saturated heterocycles. The van der Waals surface area contributed by atoms with Crippen LogP contribution in [-0.4, -0.2) is 29.1 Å². The Morgan fingerprint density at radius 2 is 1.95 bits per heavy atom. The number of hydrogen-bond acceptors (Lipinski definition) is 4. The largest absolute Gasteiger partial charge is 0.493 e. The van der Waals surface area contributed by atoms with Crippen molar-refractivity contribution in [3.05, 3.63) is 47.8 Å². The van der Waals surface area contributed by atoms with Gasteiger partial charge in [0.15, 0.2) is 5.75 Å². The second-order valence-electron chi connectivity index (χ2n) is 4.43. The summed E-state index contributed by atoms with van der Waals surface area (Å²) < 4.78 is 12.5. The van der Waals surface area contributed by atoms with Crippen LogP contribution in [-0.2, 0) is 11.3 Å². The van der Waals surface area contributed by atoms with Crippen LogP contribution in [0.4, 0.5) is 0 Å². The third kappa shape index (κ3) is 2.69. The van der Waals surface area contributed by atoms with Crippen LogP contribution in [0.25, 0.3) is 0 Å². The van der Waals surface area contributed by atoms with Crippen LogP contribution in [0.2, 0.25) is 0 Å². The number of nitrogens with zero attached hydrogens (tertiary/aromatic N) is 2. The van der Waals surface area contributed by atoms with Gasteiger partial charge in [0, 0.05) is 13.7 Å². The zero-order valence-electron chi connectivity index (χ0n) is 12.0. The number of aromatic nitrogens is 2. The smallest absolute Gasteiger partial charge is 0.162 e. The number of ether oxygens (including phenoxy) is 2. The highest BCUT2D eigenvalue weighted by molar-refractivity contribution is 5.30. The van der Waals surface area contributed by atoms with Gasteiger partial charge in [-0.2, -0.15) is 5.10 Å². The first-order valence-electron chi connectivity index (χ1n) is 6.58. The van der Waals surface area contributed by atoms with Gasteiger partial charge in [-0.1, -0.05) is 30.3 Å². The van der Waals surface area contributed by atoms with Gasteiger partial charge in [-0.15, -0.1) is 0 Å². The van der Waals surface area contributed by atoms with Crippen molar-refractivity contribution in [1.82, 2.24) is 9.78 Å². The number of hydrogen-bond donors (Lipinski definition) is 1. The van der Waals surface area contributed by atoms with Crippen LogP contribution in [0.15, 0.2) is 36.5 Å². The van der Waals surface area contributed by atoms with Crippen molar-refractivity contribution >= 4 is 0 Å². The second kappa shape index (κ2) is 6.54. The maximum Gasteiger partial charge on any atom is 0.162 e. The van der Waals surface area contributed by atoms with Crippen molar-refractivity contribution in [1.29, 1.82) is 0 Å². The second-order valence-corrected chi connectivity index (χ2v) is 4.43. The van der Waals surface area contributed by atoms with E-state index in [9.17, 15) is 5.11 Å². The molecule has 0 aliphatic carbocycles. The Kier molecular flexibility index (Phi) is 4.76. The molecule has 5 nitrogen and oxygen atoms in total. The number of benzene rings is 1. The first kappa shape index (κ1) is 14.6. The SMILES string of the molecule is CCn1ncc(OC)c1C(O)C(OC)c1ccccc1. The molecule has 0 bridgehead atoms. The number of rotatable bonds is 6. The van der Waals surface area contributed by atoms with E-state index in [2.05, 4.69) is 5.10 Å². The standard InChI is InChI=1S/C15H20N2O3/c1-4-17-13(12(19-2)10-16-17)14(18)15(20-3)11-8-6-5-7-9-11/h5-10,14-15,18H,4H2,1-3H3. The Morgan fingerprint density at radius 1 is 1.25 bits per heavy atom. The third-order valence-corrected chi connectivity index (χ3v) is 3.31. The molecular weight excluding hydrogens is 256 g/mol. The highest BCUT2D eigenvalue weighted by Crippen LogP contribution is 2.35. The first-order valence-corrected chi connectivity index (χ1v) is 6.58. The van der Waals surface area contributed by atoms with E-state index in [1.807, 2.05) is 37.3 Å². The van der Waals surface area contributed by atoms with Crippen LogP contribution >= 0.6 is 0 Å². The summed E-state index contributed by atoms with van der Waals surface area (Å²) >= 11 is 0. The molecule has 1 heterocycles. The lowest BCUT2D eigenvalue weighted by molar-refractivity contribution is -0.0201. The lowest BCUT2D eigenvalue weighted by atomic mass is 10.0. The van der Waals surface area contributed by atoms with Crippen LogP contribution in [0, 0.1) is 0 Å². The summed E-state index contributed by atoms with van der Waals surface area (Å²) in [4.78, 5) is 0. The predicted octanol–water partition coefficient (Wildman–Crippen LogP) is 2.33. The molecule has 1 N–H and O–H groups in total. The zero-order chi connectivity index (χ0) is 14.5. The summed E-state index contributed by atoms with van der Waals surface area (Å²) in [5, 5.41) is 14.9. The molecular formula is C15H20N2O3. The molecule has 2 unspecified atom stereocenters. The number of aliphatic hydroxyl groups is 1. The Labute approximate surface area is 118 Å². The van der Waals surface area contributed by atoms with Gasteiger partial charge >= 0.3 is 0 Å². The van der Waals surface area contributed by atoms with E-state index in [1.54, 1.807) is 25.1 Å². The van der Waals surface area contributed by atoms with E-state index in [0.717, 1.165) is 5.56 Å². The van der Waals surface area contributed by atoms with Gasteiger partial charge in [0.1, 0.15) is 17.9 Å². The normalized spacial score (nSPS) is 14.0. The Morgan fingerprint density at radius 3 is 2.50 bits per heavy atom. The van der Waals surface area contributed by atoms with Crippen molar-refractivity contribution in [3.8, 4) is 5.75 Å². The highest BCUT2D eigenvalue weighted by Gasteiger charge is 2.28. The molecule has 108 valence electrons. The third-order valence-electron chi connectivity index (χ3n) is 3.31. The summed E-state index contributed by atoms with van der Waals surface area (Å²) in [6, 6.07) is 9.62. The average Bonchev–Trinajstić information content (AvgIpc) is 2.92. The monoisotopic (exact) mass is 276 g/mol. The van der Waals surface area contributed by atoms with E-state index in [-0.39, 0.29) is 0 Å². The van der Waals surface area contributed by atoms with Gasteiger partial charge in [-0.3, -0.25) is 4.68 Å². The van der Waals surface area contributed by atoms with E-state index < -0.39 is 12.2 Å². The topological polar surface area (TPSA) is 56.5 Å². The Bertz CT molecular complexity index is 518. The molecule has 0 aliphatic heterocycles. The van der Waals surface area contributed by atoms with Gasteiger partial charge < -0.3 is 14.6 Å². The molecule has 2 aromatic rings. The maximum atomic E-state index is 10.7. The minimum atomic E-state index is -0.847. The maximum absolute atomic E-state index is 10.7. The van der Waals surface area contributed by atoms with Crippen LogP contribution in [0.5, 0.6) is 5.75 Å². The lowest BCUT2D eigenvalue weighted by Crippen LogP contribution is -2.17. The van der Waals surface area contributed by atoms with Crippen molar-refractivity contribution < 1.29 is 14.6 Å². The van der Waals surface area contributed by atoms with E-state index in [1.165, 1.54) is 0 Å². The Hall–Kier alpha value is -1.85. The molecule has 20 heavy (non-hydrogen) atoms. The molecule has 0 radical (unpaired) electrons. The Balaban J connectivity index is 2.38. The van der Waals surface area contributed by atoms with Crippen LogP contribution < -0.4 is 4.74 Å². The fourth-order valence-electron chi connectivity index (χ4n) is 2.32. The fraction of sp³-hybridized carbons (Fsp3) is 0.400. The molecule has 0 saturated carbocycles. The van der Waals surface area contributed by atoms with Crippen LogP contribution in [0.3, 0.4) is 0 Å². The zero-order valence-corrected chi connectivity index (χ0v) is 12.0. The molecule has 0 fully saturated rings. The molecule has 2 rings (SSSR count). The summed E-state index contributed by atoms with van der Waals surface area (Å²) in [6.07, 6.45) is 0.298. The van der Waals surface area contributed by atoms with Gasteiger partial charge in [0.05, 0.1) is 13.3 Å². The molecule has 0 amide bonds. The molecule has 5 heteroatoms. The minimum absolute atomic E-state index is 0.466. The minimum Gasteiger partial charge on any atom is -0.493 e. The number of aryl methyl sites for hydroxylation is 1. The van der Waals surface area contributed by atoms with Crippen molar-refractivity contribution in [2.45, 2.75) is 25.7 Å². The molecule has 1 aromatic heterocycles. The van der Waals surface area contributed by atoms with E-state index >= 15 is 0 Å². The summed E-state index contributed by atoms with van der Waals surface area (Å²) in [5.74, 6) is 0.567. The quantitative estimate of drug-likeness (QED) is 0.879. The molecule has 0 spiro atoms. The first-order chi connectivity index (χ1) is 9.72. The highest BCUT2D eigenvalue weighted by atomic mass is 16.5. The number of methoxy groups -OCH3 is 2. The summed E-state index contributed by atoms with van der Waals surface area (Å²) in [6.45, 7) is 2.62. The van der Waals surface area contributed by atoms with Crippen molar-refractivity contribution in [3.63, 3.8) is 0 Å². The number of aliphatic hydroxyl groups excluding tert-OH is 1. The molecule has 1 aromatic carbocycles. The van der Waals surface area contributed by atoms with Crippen molar-refractivity contribution in [2.75, 3.05) is 14.2 Å². The van der Waals surface area contributed by atoms with E-state index in [4.69, 9.17) is 9.47 Å².